The van der Waals surface area contributed by atoms with E-state index in [0.717, 1.165) is 31.4 Å². The van der Waals surface area contributed by atoms with Gasteiger partial charge >= 0.3 is 0 Å². The third-order valence-corrected chi connectivity index (χ3v) is 3.74. The molecule has 4 nitrogen and oxygen atoms in total. The normalized spacial score (nSPS) is 11.5. The van der Waals surface area contributed by atoms with Crippen molar-refractivity contribution in [2.75, 3.05) is 11.9 Å². The van der Waals surface area contributed by atoms with Crippen LogP contribution < -0.4 is 5.32 Å². The molecule has 0 aliphatic carbocycles. The fourth-order valence-corrected chi connectivity index (χ4v) is 2.26. The van der Waals surface area contributed by atoms with Gasteiger partial charge in [0.2, 0.25) is 0 Å². The molecule has 0 amide bonds. The fourth-order valence-electron chi connectivity index (χ4n) is 2.11. The van der Waals surface area contributed by atoms with Crippen molar-refractivity contribution in [3.05, 3.63) is 33.1 Å². The summed E-state index contributed by atoms with van der Waals surface area (Å²) in [7, 11) is 0. The Morgan fingerprint density at radius 2 is 2.05 bits per heavy atom. The SMILES string of the molecule is CCCCCC(C)(C)CNc1cc(F)c(Cl)cc1[N+](=O)[O-]. The molecule has 0 aliphatic rings. The third-order valence-electron chi connectivity index (χ3n) is 3.45. The van der Waals surface area contributed by atoms with Gasteiger partial charge in [-0.25, -0.2) is 4.39 Å². The molecule has 118 valence electrons. The van der Waals surface area contributed by atoms with Crippen LogP contribution in [0.25, 0.3) is 0 Å². The number of hydrogen-bond acceptors (Lipinski definition) is 3. The molecule has 0 spiro atoms. The standard InChI is InChI=1S/C15H22ClFN2O2/c1-4-5-6-7-15(2,3)10-18-13-9-12(17)11(16)8-14(13)19(20)21/h8-9,18H,4-7,10H2,1-3H3. The molecular weight excluding hydrogens is 295 g/mol. The van der Waals surface area contributed by atoms with Crippen LogP contribution in [0.1, 0.15) is 46.5 Å². The van der Waals surface area contributed by atoms with Crippen molar-refractivity contribution in [2.24, 2.45) is 5.41 Å². The quantitative estimate of drug-likeness (QED) is 0.396. The van der Waals surface area contributed by atoms with Crippen LogP contribution in [0.2, 0.25) is 5.02 Å². The molecule has 0 fully saturated rings. The van der Waals surface area contributed by atoms with Gasteiger partial charge in [0, 0.05) is 18.7 Å². The summed E-state index contributed by atoms with van der Waals surface area (Å²) in [6, 6.07) is 2.13. The summed E-state index contributed by atoms with van der Waals surface area (Å²) in [5, 5.41) is 13.8. The molecule has 1 aromatic rings. The zero-order valence-electron chi connectivity index (χ0n) is 12.7. The van der Waals surface area contributed by atoms with Gasteiger partial charge in [0.15, 0.2) is 0 Å². The second-order valence-electron chi connectivity index (χ2n) is 6.02. The smallest absolute Gasteiger partial charge is 0.294 e. The Morgan fingerprint density at radius 3 is 2.62 bits per heavy atom. The molecule has 0 aromatic heterocycles. The van der Waals surface area contributed by atoms with E-state index in [0.29, 0.717) is 6.54 Å². The van der Waals surface area contributed by atoms with Crippen LogP contribution in [-0.2, 0) is 0 Å². The highest BCUT2D eigenvalue weighted by Crippen LogP contribution is 2.32. The molecule has 6 heteroatoms. The monoisotopic (exact) mass is 316 g/mol. The Balaban J connectivity index is 2.78. The number of halogens is 2. The largest absolute Gasteiger partial charge is 0.379 e. The Hall–Kier alpha value is -1.36. The van der Waals surface area contributed by atoms with Gasteiger partial charge in [0.1, 0.15) is 11.5 Å². The van der Waals surface area contributed by atoms with E-state index in [1.807, 2.05) is 0 Å². The summed E-state index contributed by atoms with van der Waals surface area (Å²) in [6.07, 6.45) is 4.44. The zero-order chi connectivity index (χ0) is 16.0. The highest BCUT2D eigenvalue weighted by molar-refractivity contribution is 6.31. The van der Waals surface area contributed by atoms with Crippen LogP contribution in [0, 0.1) is 21.3 Å². The molecule has 1 aromatic carbocycles. The van der Waals surface area contributed by atoms with Crippen molar-refractivity contribution >= 4 is 23.0 Å². The Kier molecular flexibility index (Phi) is 6.40. The number of nitrogens with one attached hydrogen (secondary N) is 1. The number of hydrogen-bond donors (Lipinski definition) is 1. The van der Waals surface area contributed by atoms with E-state index < -0.39 is 10.7 Å². The van der Waals surface area contributed by atoms with E-state index in [4.69, 9.17) is 11.6 Å². The molecule has 0 radical (unpaired) electrons. The van der Waals surface area contributed by atoms with Crippen LogP contribution in [0.4, 0.5) is 15.8 Å². The molecule has 0 aliphatic heterocycles. The van der Waals surface area contributed by atoms with Gasteiger partial charge in [0.25, 0.3) is 5.69 Å². The molecule has 0 heterocycles. The number of rotatable bonds is 8. The first-order valence-electron chi connectivity index (χ1n) is 7.14. The minimum atomic E-state index is -0.659. The van der Waals surface area contributed by atoms with E-state index in [1.54, 1.807) is 0 Å². The van der Waals surface area contributed by atoms with Crippen LogP contribution in [0.5, 0.6) is 0 Å². The van der Waals surface area contributed by atoms with E-state index in [1.165, 1.54) is 6.42 Å². The van der Waals surface area contributed by atoms with Crippen molar-refractivity contribution in [2.45, 2.75) is 46.5 Å². The van der Waals surface area contributed by atoms with Gasteiger partial charge in [-0.3, -0.25) is 10.1 Å². The second kappa shape index (κ2) is 7.59. The van der Waals surface area contributed by atoms with Crippen LogP contribution in [-0.4, -0.2) is 11.5 Å². The Labute approximate surface area is 129 Å². The van der Waals surface area contributed by atoms with E-state index in [-0.39, 0.29) is 21.8 Å². The lowest BCUT2D eigenvalue weighted by Crippen LogP contribution is -2.23. The average Bonchev–Trinajstić information content (AvgIpc) is 2.39. The van der Waals surface area contributed by atoms with Crippen LogP contribution in [0.3, 0.4) is 0 Å². The van der Waals surface area contributed by atoms with Gasteiger partial charge in [-0.1, -0.05) is 51.6 Å². The topological polar surface area (TPSA) is 55.2 Å². The number of nitro groups is 1. The molecule has 0 unspecified atom stereocenters. The van der Waals surface area contributed by atoms with Gasteiger partial charge < -0.3 is 5.32 Å². The number of nitro benzene ring substituents is 1. The van der Waals surface area contributed by atoms with Crippen molar-refractivity contribution < 1.29 is 9.31 Å². The molecule has 1 rings (SSSR count). The maximum absolute atomic E-state index is 13.5. The molecule has 21 heavy (non-hydrogen) atoms. The lowest BCUT2D eigenvalue weighted by molar-refractivity contribution is -0.384. The van der Waals surface area contributed by atoms with Crippen molar-refractivity contribution in [3.8, 4) is 0 Å². The van der Waals surface area contributed by atoms with E-state index >= 15 is 0 Å². The van der Waals surface area contributed by atoms with Gasteiger partial charge in [-0.2, -0.15) is 0 Å². The lowest BCUT2D eigenvalue weighted by atomic mass is 9.87. The number of unbranched alkanes of at least 4 members (excludes halogenated alkanes) is 2. The van der Waals surface area contributed by atoms with Crippen molar-refractivity contribution in [1.82, 2.24) is 0 Å². The second-order valence-corrected chi connectivity index (χ2v) is 6.42. The first-order valence-corrected chi connectivity index (χ1v) is 7.52. The maximum Gasteiger partial charge on any atom is 0.294 e. The van der Waals surface area contributed by atoms with Crippen LogP contribution in [0.15, 0.2) is 12.1 Å². The predicted molar refractivity (Wildman–Crippen MR) is 84.5 cm³/mol. The third kappa shape index (κ3) is 5.50. The minimum Gasteiger partial charge on any atom is -0.379 e. The summed E-state index contributed by atoms with van der Waals surface area (Å²) >= 11 is 5.60. The maximum atomic E-state index is 13.5. The summed E-state index contributed by atoms with van der Waals surface area (Å²) in [6.45, 7) is 6.87. The Bertz CT molecular complexity index is 507. The Morgan fingerprint density at radius 1 is 1.38 bits per heavy atom. The highest BCUT2D eigenvalue weighted by atomic mass is 35.5. The molecular formula is C15H22ClFN2O2. The van der Waals surface area contributed by atoms with Gasteiger partial charge in [-0.05, 0) is 11.8 Å². The first-order chi connectivity index (χ1) is 9.76. The van der Waals surface area contributed by atoms with Gasteiger partial charge in [0.05, 0.1) is 9.95 Å². The van der Waals surface area contributed by atoms with Gasteiger partial charge in [-0.15, -0.1) is 0 Å². The summed E-state index contributed by atoms with van der Waals surface area (Å²) in [5.41, 5.74) is -0.0460. The molecule has 0 bridgehead atoms. The van der Waals surface area contributed by atoms with Crippen molar-refractivity contribution in [3.63, 3.8) is 0 Å². The van der Waals surface area contributed by atoms with E-state index in [9.17, 15) is 14.5 Å². The first kappa shape index (κ1) is 17.7. The molecule has 0 atom stereocenters. The summed E-state index contributed by atoms with van der Waals surface area (Å²) in [4.78, 5) is 10.4. The fraction of sp³-hybridized carbons (Fsp3) is 0.600. The lowest BCUT2D eigenvalue weighted by Gasteiger charge is -2.25. The minimum absolute atomic E-state index is 0.0147. The van der Waals surface area contributed by atoms with E-state index in [2.05, 4.69) is 26.1 Å². The highest BCUT2D eigenvalue weighted by Gasteiger charge is 2.21. The summed E-state index contributed by atoms with van der Waals surface area (Å²) in [5.74, 6) is -0.659. The molecule has 0 saturated carbocycles. The van der Waals surface area contributed by atoms with Crippen LogP contribution >= 0.6 is 11.6 Å². The number of anilines is 1. The number of benzene rings is 1. The summed E-state index contributed by atoms with van der Waals surface area (Å²) < 4.78 is 13.5. The molecule has 0 saturated heterocycles. The average molecular weight is 317 g/mol. The predicted octanol–water partition coefficient (Wildman–Crippen LogP) is 5.41. The van der Waals surface area contributed by atoms with Crippen molar-refractivity contribution in [1.29, 1.82) is 0 Å². The zero-order valence-corrected chi connectivity index (χ0v) is 13.5. The number of nitrogens with zero attached hydrogens (tertiary/aromatic N) is 1. The molecule has 1 N–H and O–H groups in total.